The van der Waals surface area contributed by atoms with E-state index in [-0.39, 0.29) is 0 Å². The number of hydrogen-bond donors (Lipinski definition) is 1. The van der Waals surface area contributed by atoms with E-state index in [0.29, 0.717) is 11.2 Å². The van der Waals surface area contributed by atoms with Gasteiger partial charge in [0, 0.05) is 17.8 Å². The first-order valence-corrected chi connectivity index (χ1v) is 6.79. The SMILES string of the molecule is Nc1nc(CCCc2nncn2C2CC2)cs1. The number of aromatic nitrogens is 4. The Labute approximate surface area is 104 Å². The molecule has 2 heterocycles. The van der Waals surface area contributed by atoms with Gasteiger partial charge in [0.15, 0.2) is 5.13 Å². The summed E-state index contributed by atoms with van der Waals surface area (Å²) in [5, 5.41) is 10.9. The number of aryl methyl sites for hydroxylation is 2. The second-order valence-electron chi connectivity index (χ2n) is 4.42. The van der Waals surface area contributed by atoms with Gasteiger partial charge in [-0.15, -0.1) is 21.5 Å². The molecule has 3 rings (SSSR count). The van der Waals surface area contributed by atoms with Crippen LogP contribution in [0.2, 0.25) is 0 Å². The molecule has 0 amide bonds. The summed E-state index contributed by atoms with van der Waals surface area (Å²) in [7, 11) is 0. The Bertz CT molecular complexity index is 499. The van der Waals surface area contributed by atoms with Crippen molar-refractivity contribution in [1.29, 1.82) is 0 Å². The predicted octanol–water partition coefficient (Wildman–Crippen LogP) is 1.83. The number of rotatable bonds is 5. The van der Waals surface area contributed by atoms with Crippen LogP contribution in [0.3, 0.4) is 0 Å². The lowest BCUT2D eigenvalue weighted by atomic mass is 10.2. The predicted molar refractivity (Wildman–Crippen MR) is 66.8 cm³/mol. The molecule has 2 aromatic heterocycles. The zero-order valence-corrected chi connectivity index (χ0v) is 10.4. The van der Waals surface area contributed by atoms with Crippen LogP contribution in [0.5, 0.6) is 0 Å². The molecule has 2 N–H and O–H groups in total. The fourth-order valence-corrected chi connectivity index (χ4v) is 2.57. The van der Waals surface area contributed by atoms with Gasteiger partial charge >= 0.3 is 0 Å². The number of nitrogens with zero attached hydrogens (tertiary/aromatic N) is 4. The summed E-state index contributed by atoms with van der Waals surface area (Å²) in [6.07, 6.45) is 7.38. The Kier molecular flexibility index (Phi) is 2.80. The van der Waals surface area contributed by atoms with Gasteiger partial charge in [-0.05, 0) is 25.7 Å². The van der Waals surface area contributed by atoms with E-state index >= 15 is 0 Å². The highest BCUT2D eigenvalue weighted by Gasteiger charge is 2.25. The standard InChI is InChI=1S/C11H15N5S/c12-11-14-8(6-17-11)2-1-3-10-15-13-7-16(10)9-4-5-9/h6-7,9H,1-5H2,(H2,12,14). The molecular weight excluding hydrogens is 234 g/mol. The van der Waals surface area contributed by atoms with Crippen molar-refractivity contribution in [2.75, 3.05) is 5.73 Å². The Morgan fingerprint density at radius 3 is 3.00 bits per heavy atom. The van der Waals surface area contributed by atoms with Crippen LogP contribution in [-0.2, 0) is 12.8 Å². The smallest absolute Gasteiger partial charge is 0.180 e. The van der Waals surface area contributed by atoms with Crippen LogP contribution in [0.25, 0.3) is 0 Å². The fourth-order valence-electron chi connectivity index (χ4n) is 1.97. The van der Waals surface area contributed by atoms with Gasteiger partial charge in [-0.3, -0.25) is 0 Å². The first kappa shape index (κ1) is 10.7. The molecule has 0 aliphatic heterocycles. The van der Waals surface area contributed by atoms with Crippen LogP contribution >= 0.6 is 11.3 Å². The fraction of sp³-hybridized carbons (Fsp3) is 0.545. The average molecular weight is 249 g/mol. The molecule has 90 valence electrons. The van der Waals surface area contributed by atoms with Crippen molar-refractivity contribution in [2.45, 2.75) is 38.1 Å². The molecule has 1 aliphatic carbocycles. The van der Waals surface area contributed by atoms with Gasteiger partial charge in [-0.2, -0.15) is 0 Å². The van der Waals surface area contributed by atoms with Gasteiger partial charge in [0.05, 0.1) is 5.69 Å². The largest absolute Gasteiger partial charge is 0.375 e. The maximum absolute atomic E-state index is 5.60. The molecule has 0 spiro atoms. The van der Waals surface area contributed by atoms with E-state index in [1.54, 1.807) is 0 Å². The van der Waals surface area contributed by atoms with Gasteiger partial charge < -0.3 is 10.3 Å². The van der Waals surface area contributed by atoms with Crippen molar-refractivity contribution in [1.82, 2.24) is 19.7 Å². The highest BCUT2D eigenvalue weighted by molar-refractivity contribution is 7.13. The number of hydrogen-bond acceptors (Lipinski definition) is 5. The first-order chi connectivity index (χ1) is 8.33. The Hall–Kier alpha value is -1.43. The first-order valence-electron chi connectivity index (χ1n) is 5.91. The molecule has 17 heavy (non-hydrogen) atoms. The molecule has 0 radical (unpaired) electrons. The van der Waals surface area contributed by atoms with Gasteiger partial charge in [-0.1, -0.05) is 0 Å². The van der Waals surface area contributed by atoms with Crippen LogP contribution in [0.1, 0.15) is 36.8 Å². The molecule has 0 saturated heterocycles. The summed E-state index contributed by atoms with van der Waals surface area (Å²) in [6, 6.07) is 0.662. The second kappa shape index (κ2) is 4.44. The number of anilines is 1. The van der Waals surface area contributed by atoms with Crippen LogP contribution in [0.15, 0.2) is 11.7 Å². The molecule has 1 aliphatic rings. The van der Waals surface area contributed by atoms with Crippen LogP contribution in [0.4, 0.5) is 5.13 Å². The lowest BCUT2D eigenvalue weighted by Crippen LogP contribution is -2.01. The number of thiazole rings is 1. The van der Waals surface area contributed by atoms with E-state index in [9.17, 15) is 0 Å². The average Bonchev–Trinajstić information content (AvgIpc) is 2.92. The van der Waals surface area contributed by atoms with E-state index in [2.05, 4.69) is 19.7 Å². The van der Waals surface area contributed by atoms with Crippen LogP contribution in [-0.4, -0.2) is 19.7 Å². The quantitative estimate of drug-likeness (QED) is 0.877. The Morgan fingerprint density at radius 1 is 1.41 bits per heavy atom. The summed E-state index contributed by atoms with van der Waals surface area (Å²) in [5.74, 6) is 1.11. The Morgan fingerprint density at radius 2 is 2.29 bits per heavy atom. The third-order valence-corrected chi connectivity index (χ3v) is 3.71. The minimum Gasteiger partial charge on any atom is -0.375 e. The number of nitrogen functional groups attached to an aromatic ring is 1. The zero-order chi connectivity index (χ0) is 11.7. The molecule has 6 heteroatoms. The summed E-state index contributed by atoms with van der Waals surface area (Å²) in [4.78, 5) is 4.25. The van der Waals surface area contributed by atoms with Crippen molar-refractivity contribution < 1.29 is 0 Å². The lowest BCUT2D eigenvalue weighted by Gasteiger charge is -2.03. The van der Waals surface area contributed by atoms with E-state index < -0.39 is 0 Å². The van der Waals surface area contributed by atoms with Crippen LogP contribution < -0.4 is 5.73 Å². The lowest BCUT2D eigenvalue weighted by molar-refractivity contribution is 0.653. The molecule has 0 unspecified atom stereocenters. The van der Waals surface area contributed by atoms with E-state index in [4.69, 9.17) is 5.73 Å². The van der Waals surface area contributed by atoms with Gasteiger partial charge in [0.1, 0.15) is 12.2 Å². The topological polar surface area (TPSA) is 69.6 Å². The summed E-state index contributed by atoms with van der Waals surface area (Å²) in [5.41, 5.74) is 6.69. The third-order valence-electron chi connectivity index (χ3n) is 2.99. The van der Waals surface area contributed by atoms with Gasteiger partial charge in [0.2, 0.25) is 0 Å². The molecule has 0 atom stereocenters. The number of nitrogens with two attached hydrogens (primary N) is 1. The summed E-state index contributed by atoms with van der Waals surface area (Å²) >= 11 is 1.50. The molecule has 0 aromatic carbocycles. The van der Waals surface area contributed by atoms with Gasteiger partial charge in [-0.25, -0.2) is 4.98 Å². The molecule has 1 fully saturated rings. The van der Waals surface area contributed by atoms with E-state index in [1.807, 2.05) is 11.7 Å². The molecule has 0 bridgehead atoms. The highest BCUT2D eigenvalue weighted by Crippen LogP contribution is 2.35. The minimum absolute atomic E-state index is 0.654. The Balaban J connectivity index is 1.55. The molecule has 1 saturated carbocycles. The maximum Gasteiger partial charge on any atom is 0.180 e. The maximum atomic E-state index is 5.60. The minimum atomic E-state index is 0.654. The van der Waals surface area contributed by atoms with Gasteiger partial charge in [0.25, 0.3) is 0 Å². The summed E-state index contributed by atoms with van der Waals surface area (Å²) in [6.45, 7) is 0. The van der Waals surface area contributed by atoms with E-state index in [0.717, 1.165) is 30.8 Å². The zero-order valence-electron chi connectivity index (χ0n) is 9.54. The van der Waals surface area contributed by atoms with E-state index in [1.165, 1.54) is 24.2 Å². The summed E-state index contributed by atoms with van der Waals surface area (Å²) < 4.78 is 2.22. The van der Waals surface area contributed by atoms with Crippen molar-refractivity contribution >= 4 is 16.5 Å². The van der Waals surface area contributed by atoms with Crippen LogP contribution in [0, 0.1) is 0 Å². The van der Waals surface area contributed by atoms with Crippen molar-refractivity contribution in [2.24, 2.45) is 0 Å². The normalized spacial score (nSPS) is 15.3. The van der Waals surface area contributed by atoms with Crippen molar-refractivity contribution in [3.8, 4) is 0 Å². The highest BCUT2D eigenvalue weighted by atomic mass is 32.1. The molecular formula is C11H15N5S. The second-order valence-corrected chi connectivity index (χ2v) is 5.31. The third kappa shape index (κ3) is 2.46. The molecule has 5 nitrogen and oxygen atoms in total. The van der Waals surface area contributed by atoms with Crippen molar-refractivity contribution in [3.63, 3.8) is 0 Å². The van der Waals surface area contributed by atoms with Crippen molar-refractivity contribution in [3.05, 3.63) is 23.2 Å². The molecule has 2 aromatic rings. The monoisotopic (exact) mass is 249 g/mol.